The summed E-state index contributed by atoms with van der Waals surface area (Å²) in [5.41, 5.74) is -3.26. The van der Waals surface area contributed by atoms with Crippen LogP contribution in [0.3, 0.4) is 0 Å². The average Bonchev–Trinajstić information content (AvgIpc) is 3.10. The molecule has 0 spiro atoms. The molecule has 0 saturated heterocycles. The summed E-state index contributed by atoms with van der Waals surface area (Å²) in [6, 6.07) is 8.34. The van der Waals surface area contributed by atoms with Crippen molar-refractivity contribution in [3.63, 3.8) is 0 Å². The molecule has 4 aromatic rings. The van der Waals surface area contributed by atoms with Crippen LogP contribution in [0.2, 0.25) is 0 Å². The topological polar surface area (TPSA) is 64.8 Å². The van der Waals surface area contributed by atoms with E-state index in [0.29, 0.717) is 0 Å². The van der Waals surface area contributed by atoms with E-state index in [1.807, 2.05) is 0 Å². The van der Waals surface area contributed by atoms with Gasteiger partial charge in [0.05, 0.1) is 27.4 Å². The van der Waals surface area contributed by atoms with Crippen molar-refractivity contribution < 1.29 is 39.2 Å². The van der Waals surface area contributed by atoms with Gasteiger partial charge in [0, 0.05) is 12.4 Å². The lowest BCUT2D eigenvalue weighted by Gasteiger charge is -2.13. The van der Waals surface area contributed by atoms with Gasteiger partial charge in [-0.25, -0.2) is 17.4 Å². The summed E-state index contributed by atoms with van der Waals surface area (Å²) in [6.07, 6.45) is -7.93. The molecule has 0 saturated carbocycles. The first-order valence-corrected chi connectivity index (χ1v) is 11.5. The van der Waals surface area contributed by atoms with Crippen molar-refractivity contribution in [1.29, 1.82) is 0 Å². The molecule has 0 amide bonds. The minimum Gasteiger partial charge on any atom is -0.253 e. The molecule has 184 valence electrons. The minimum absolute atomic E-state index is 0.136. The van der Waals surface area contributed by atoms with Crippen molar-refractivity contribution >= 4 is 20.9 Å². The molecule has 0 aliphatic rings. The molecule has 0 aliphatic carbocycles. The Balaban J connectivity index is 1.64. The molecule has 3 aromatic heterocycles. The fourth-order valence-corrected chi connectivity index (χ4v) is 4.77. The highest BCUT2D eigenvalue weighted by atomic mass is 32.2. The van der Waals surface area contributed by atoms with Crippen molar-refractivity contribution in [2.75, 3.05) is 5.75 Å². The van der Waals surface area contributed by atoms with Crippen LogP contribution in [0.15, 0.2) is 65.8 Å². The van der Waals surface area contributed by atoms with Gasteiger partial charge >= 0.3 is 12.5 Å². The van der Waals surface area contributed by atoms with Crippen molar-refractivity contribution in [3.05, 3.63) is 77.9 Å². The zero-order valence-electron chi connectivity index (χ0n) is 17.4. The SMILES string of the molecule is O=S(=O)(CCc1cccc(C(F)(F)F)c1)c1ccc(-c2c(F)c3ncccc3n2C(F)(F)F)nc1. The lowest BCUT2D eigenvalue weighted by molar-refractivity contribution is -0.199. The predicted octanol–water partition coefficient (Wildman–Crippen LogP) is 5.75. The first-order valence-electron chi connectivity index (χ1n) is 9.86. The highest BCUT2D eigenvalue weighted by molar-refractivity contribution is 7.91. The van der Waals surface area contributed by atoms with E-state index in [4.69, 9.17) is 0 Å². The molecule has 1 aromatic carbocycles. The van der Waals surface area contributed by atoms with Gasteiger partial charge in [-0.05, 0) is 42.3 Å². The summed E-state index contributed by atoms with van der Waals surface area (Å²) in [6.45, 7) is 0. The van der Waals surface area contributed by atoms with Crippen LogP contribution in [-0.4, -0.2) is 28.7 Å². The van der Waals surface area contributed by atoms with E-state index in [-0.39, 0.29) is 21.4 Å². The molecule has 35 heavy (non-hydrogen) atoms. The summed E-state index contributed by atoms with van der Waals surface area (Å²) in [4.78, 5) is 7.00. The van der Waals surface area contributed by atoms with Gasteiger partial charge in [-0.1, -0.05) is 18.2 Å². The maximum Gasteiger partial charge on any atom is 0.489 e. The number of sulfone groups is 1. The Kier molecular flexibility index (Phi) is 6.07. The van der Waals surface area contributed by atoms with Gasteiger partial charge in [-0.2, -0.15) is 13.2 Å². The largest absolute Gasteiger partial charge is 0.489 e. The molecule has 0 N–H and O–H groups in total. The van der Waals surface area contributed by atoms with E-state index in [1.165, 1.54) is 12.1 Å². The van der Waals surface area contributed by atoms with Gasteiger partial charge in [0.1, 0.15) is 11.2 Å². The second-order valence-electron chi connectivity index (χ2n) is 7.48. The fourth-order valence-electron chi connectivity index (χ4n) is 3.55. The van der Waals surface area contributed by atoms with Crippen molar-refractivity contribution in [1.82, 2.24) is 14.5 Å². The maximum absolute atomic E-state index is 14.8. The molecule has 0 radical (unpaired) electrons. The van der Waals surface area contributed by atoms with Gasteiger partial charge in [0.25, 0.3) is 0 Å². The van der Waals surface area contributed by atoms with Crippen LogP contribution >= 0.6 is 0 Å². The second-order valence-corrected chi connectivity index (χ2v) is 9.59. The van der Waals surface area contributed by atoms with E-state index >= 15 is 0 Å². The molecular formula is C22H14F7N3O2S. The van der Waals surface area contributed by atoms with E-state index in [0.717, 1.165) is 48.8 Å². The first kappa shape index (κ1) is 24.6. The molecule has 0 aliphatic heterocycles. The van der Waals surface area contributed by atoms with Crippen LogP contribution in [0.5, 0.6) is 0 Å². The van der Waals surface area contributed by atoms with Gasteiger partial charge in [0.2, 0.25) is 0 Å². The number of pyridine rings is 2. The maximum atomic E-state index is 14.8. The van der Waals surface area contributed by atoms with Gasteiger partial charge in [-0.15, -0.1) is 13.2 Å². The van der Waals surface area contributed by atoms with Crippen LogP contribution in [0.1, 0.15) is 11.1 Å². The van der Waals surface area contributed by atoms with E-state index in [9.17, 15) is 39.2 Å². The van der Waals surface area contributed by atoms with Crippen molar-refractivity contribution in [2.45, 2.75) is 23.8 Å². The first-order chi connectivity index (χ1) is 16.3. The van der Waals surface area contributed by atoms with Gasteiger partial charge < -0.3 is 0 Å². The molecule has 13 heteroatoms. The molecule has 0 bridgehead atoms. The van der Waals surface area contributed by atoms with Crippen LogP contribution in [0, 0.1) is 5.82 Å². The highest BCUT2D eigenvalue weighted by Crippen LogP contribution is 2.38. The standard InChI is InChI=1S/C22H14F7N3O2S/c23-18-19-17(5-2-9-30-19)32(22(27,28)29)20(18)16-7-6-15(12-31-16)35(33,34)10-8-13-3-1-4-14(11-13)21(24,25)26/h1-7,9,11-12H,8,10H2. The number of nitrogens with zero attached hydrogens (tertiary/aromatic N) is 3. The van der Waals surface area contributed by atoms with Crippen LogP contribution in [0.4, 0.5) is 30.7 Å². The van der Waals surface area contributed by atoms with E-state index in [2.05, 4.69) is 9.97 Å². The van der Waals surface area contributed by atoms with Gasteiger partial charge in [0.15, 0.2) is 15.7 Å². The Bertz CT molecular complexity index is 1490. The monoisotopic (exact) mass is 517 g/mol. The third-order valence-corrected chi connectivity index (χ3v) is 6.87. The number of aryl methyl sites for hydroxylation is 1. The quantitative estimate of drug-likeness (QED) is 0.317. The number of fused-ring (bicyclic) bond motifs is 1. The summed E-state index contributed by atoms with van der Waals surface area (Å²) < 4.78 is 120. The third-order valence-electron chi connectivity index (χ3n) is 5.17. The number of benzene rings is 1. The Morgan fingerprint density at radius 3 is 2.29 bits per heavy atom. The summed E-state index contributed by atoms with van der Waals surface area (Å²) in [7, 11) is -4.06. The Labute approximate surface area is 193 Å². The van der Waals surface area contributed by atoms with E-state index in [1.54, 1.807) is 0 Å². The number of rotatable bonds is 5. The number of hydrogen-bond acceptors (Lipinski definition) is 4. The summed E-state index contributed by atoms with van der Waals surface area (Å²) in [5, 5.41) is 0. The van der Waals surface area contributed by atoms with Crippen LogP contribution in [0.25, 0.3) is 22.4 Å². The normalized spacial score (nSPS) is 12.9. The Hall–Kier alpha value is -3.48. The lowest BCUT2D eigenvalue weighted by atomic mass is 10.1. The number of halogens is 7. The fraction of sp³-hybridized carbons (Fsp3) is 0.182. The number of alkyl halides is 6. The molecule has 5 nitrogen and oxygen atoms in total. The summed E-state index contributed by atoms with van der Waals surface area (Å²) in [5.74, 6) is -1.85. The number of aromatic nitrogens is 3. The predicted molar refractivity (Wildman–Crippen MR) is 111 cm³/mol. The van der Waals surface area contributed by atoms with Crippen molar-refractivity contribution in [3.8, 4) is 11.4 Å². The third kappa shape index (κ3) is 4.85. The highest BCUT2D eigenvalue weighted by Gasteiger charge is 2.38. The van der Waals surface area contributed by atoms with Gasteiger partial charge in [-0.3, -0.25) is 9.97 Å². The average molecular weight is 517 g/mol. The lowest BCUT2D eigenvalue weighted by Crippen LogP contribution is -2.18. The minimum atomic E-state index is -5.02. The molecule has 0 atom stereocenters. The second kappa shape index (κ2) is 8.63. The Morgan fingerprint density at radius 2 is 1.66 bits per heavy atom. The molecule has 0 fully saturated rings. The summed E-state index contributed by atoms with van der Waals surface area (Å²) >= 11 is 0. The molecule has 4 rings (SSSR count). The van der Waals surface area contributed by atoms with Crippen LogP contribution < -0.4 is 0 Å². The van der Waals surface area contributed by atoms with Crippen molar-refractivity contribution in [2.24, 2.45) is 0 Å². The molecule has 0 unspecified atom stereocenters. The smallest absolute Gasteiger partial charge is 0.253 e. The zero-order chi connectivity index (χ0) is 25.6. The Morgan fingerprint density at radius 1 is 0.914 bits per heavy atom. The van der Waals surface area contributed by atoms with Crippen LogP contribution in [-0.2, 0) is 28.7 Å². The zero-order valence-corrected chi connectivity index (χ0v) is 18.2. The molecule has 3 heterocycles. The van der Waals surface area contributed by atoms with E-state index < -0.39 is 61.9 Å². The number of hydrogen-bond donors (Lipinski definition) is 0. The molecular weight excluding hydrogens is 503 g/mol.